The van der Waals surface area contributed by atoms with Crippen LogP contribution in [-0.4, -0.2) is 43.8 Å². The number of hydrogen-bond acceptors (Lipinski definition) is 4. The highest BCUT2D eigenvalue weighted by molar-refractivity contribution is 5.97. The van der Waals surface area contributed by atoms with E-state index in [0.29, 0.717) is 24.4 Å². The van der Waals surface area contributed by atoms with E-state index in [0.717, 1.165) is 5.56 Å². The van der Waals surface area contributed by atoms with Crippen LogP contribution in [-0.2, 0) is 14.3 Å². The fourth-order valence-corrected chi connectivity index (χ4v) is 2.63. The predicted molar refractivity (Wildman–Crippen MR) is 74.3 cm³/mol. The molecular weight excluding hydrogens is 272 g/mol. The number of hydrogen-bond donors (Lipinski definition) is 1. The molecule has 6 heteroatoms. The van der Waals surface area contributed by atoms with Gasteiger partial charge in [-0.25, -0.2) is 9.59 Å². The summed E-state index contributed by atoms with van der Waals surface area (Å²) in [4.78, 5) is 25.8. The van der Waals surface area contributed by atoms with Crippen molar-refractivity contribution in [3.8, 4) is 0 Å². The molecule has 0 radical (unpaired) electrons. The van der Waals surface area contributed by atoms with Crippen molar-refractivity contribution < 1.29 is 19.1 Å². The minimum Gasteiger partial charge on any atom is -0.456 e. The maximum absolute atomic E-state index is 12.3. The van der Waals surface area contributed by atoms with Crippen LogP contribution in [0.2, 0.25) is 0 Å². The second kappa shape index (κ2) is 5.57. The summed E-state index contributed by atoms with van der Waals surface area (Å²) in [5.41, 5.74) is 2.01. The Morgan fingerprint density at radius 1 is 1.33 bits per heavy atom. The fourth-order valence-electron chi connectivity index (χ4n) is 2.63. The van der Waals surface area contributed by atoms with Crippen LogP contribution in [0.25, 0.3) is 0 Å². The molecule has 2 aliphatic rings. The zero-order valence-electron chi connectivity index (χ0n) is 11.7. The van der Waals surface area contributed by atoms with Crippen molar-refractivity contribution in [2.45, 2.75) is 6.04 Å². The number of urea groups is 1. The monoisotopic (exact) mass is 288 g/mol. The zero-order chi connectivity index (χ0) is 14.8. The van der Waals surface area contributed by atoms with E-state index in [1.165, 1.54) is 4.90 Å². The highest BCUT2D eigenvalue weighted by atomic mass is 16.5. The Labute approximate surface area is 122 Å². The number of cyclic esters (lactones) is 1. The van der Waals surface area contributed by atoms with Gasteiger partial charge in [0.15, 0.2) is 0 Å². The lowest BCUT2D eigenvalue weighted by Gasteiger charge is -2.32. The highest BCUT2D eigenvalue weighted by Crippen LogP contribution is 2.34. The number of amides is 2. The molecule has 0 spiro atoms. The minimum absolute atomic E-state index is 0.134. The molecule has 21 heavy (non-hydrogen) atoms. The SMILES string of the molecule is COCCN1C(=O)N[C@H](c2ccccc2)C2=C1COC2=O. The topological polar surface area (TPSA) is 67.9 Å². The van der Waals surface area contributed by atoms with Crippen molar-refractivity contribution in [3.63, 3.8) is 0 Å². The Kier molecular flexibility index (Phi) is 3.62. The molecule has 3 rings (SSSR count). The summed E-state index contributed by atoms with van der Waals surface area (Å²) in [6.07, 6.45) is 0. The molecule has 1 aromatic rings. The highest BCUT2D eigenvalue weighted by Gasteiger charge is 2.41. The first kappa shape index (κ1) is 13.6. The maximum atomic E-state index is 12.3. The molecule has 1 atom stereocenters. The van der Waals surface area contributed by atoms with E-state index >= 15 is 0 Å². The molecule has 0 fully saturated rings. The molecular formula is C15H16N2O4. The van der Waals surface area contributed by atoms with E-state index in [-0.39, 0.29) is 18.6 Å². The lowest BCUT2D eigenvalue weighted by Crippen LogP contribution is -2.48. The number of carbonyl (C=O) groups excluding carboxylic acids is 2. The Hall–Kier alpha value is -2.34. The molecule has 110 valence electrons. The third-order valence-electron chi connectivity index (χ3n) is 3.65. The molecule has 6 nitrogen and oxygen atoms in total. The molecule has 2 aliphatic heterocycles. The number of methoxy groups -OCH3 is 1. The van der Waals surface area contributed by atoms with Gasteiger partial charge in [-0.1, -0.05) is 30.3 Å². The van der Waals surface area contributed by atoms with Crippen molar-refractivity contribution in [3.05, 3.63) is 47.2 Å². The Morgan fingerprint density at radius 3 is 2.81 bits per heavy atom. The second-order valence-corrected chi connectivity index (χ2v) is 4.87. The number of carbonyl (C=O) groups is 2. The second-order valence-electron chi connectivity index (χ2n) is 4.87. The lowest BCUT2D eigenvalue weighted by atomic mass is 9.96. The number of esters is 1. The van der Waals surface area contributed by atoms with Gasteiger partial charge in [0.25, 0.3) is 0 Å². The van der Waals surface area contributed by atoms with Crippen LogP contribution in [0.5, 0.6) is 0 Å². The van der Waals surface area contributed by atoms with E-state index in [1.807, 2.05) is 30.3 Å². The molecule has 2 amide bonds. The van der Waals surface area contributed by atoms with E-state index in [1.54, 1.807) is 7.11 Å². The maximum Gasteiger partial charge on any atom is 0.338 e. The summed E-state index contributed by atoms with van der Waals surface area (Å²) in [5.74, 6) is -0.374. The van der Waals surface area contributed by atoms with Gasteiger partial charge in [-0.2, -0.15) is 0 Å². The molecule has 0 bridgehead atoms. The third-order valence-corrected chi connectivity index (χ3v) is 3.65. The summed E-state index contributed by atoms with van der Waals surface area (Å²) >= 11 is 0. The first-order valence-electron chi connectivity index (χ1n) is 6.74. The molecule has 0 saturated heterocycles. The normalized spacial score (nSPS) is 21.2. The molecule has 0 aromatic heterocycles. The molecule has 1 aromatic carbocycles. The van der Waals surface area contributed by atoms with Gasteiger partial charge in [0.1, 0.15) is 6.61 Å². The molecule has 1 N–H and O–H groups in total. The Morgan fingerprint density at radius 2 is 2.10 bits per heavy atom. The van der Waals surface area contributed by atoms with Crippen LogP contribution in [0.15, 0.2) is 41.6 Å². The largest absolute Gasteiger partial charge is 0.456 e. The summed E-state index contributed by atoms with van der Waals surface area (Å²) < 4.78 is 10.1. The van der Waals surface area contributed by atoms with Crippen molar-refractivity contribution in [1.29, 1.82) is 0 Å². The van der Waals surface area contributed by atoms with Gasteiger partial charge in [-0.15, -0.1) is 0 Å². The summed E-state index contributed by atoms with van der Waals surface area (Å²) in [7, 11) is 1.57. The van der Waals surface area contributed by atoms with Gasteiger partial charge in [-0.3, -0.25) is 4.90 Å². The molecule has 0 saturated carbocycles. The standard InChI is InChI=1S/C15H16N2O4/c1-20-8-7-17-11-9-21-14(18)12(11)13(16-15(17)19)10-5-3-2-4-6-10/h2-6,13H,7-9H2,1H3,(H,16,19)/t13-/m1/s1. The van der Waals surface area contributed by atoms with Gasteiger partial charge in [-0.05, 0) is 5.56 Å². The van der Waals surface area contributed by atoms with Crippen molar-refractivity contribution >= 4 is 12.0 Å². The summed E-state index contributed by atoms with van der Waals surface area (Å²) in [6.45, 7) is 0.919. The van der Waals surface area contributed by atoms with Crippen LogP contribution in [0.3, 0.4) is 0 Å². The first-order valence-corrected chi connectivity index (χ1v) is 6.74. The number of benzene rings is 1. The number of rotatable bonds is 4. The van der Waals surface area contributed by atoms with Gasteiger partial charge < -0.3 is 14.8 Å². The van der Waals surface area contributed by atoms with Crippen LogP contribution in [0, 0.1) is 0 Å². The van der Waals surface area contributed by atoms with Crippen LogP contribution in [0.4, 0.5) is 4.79 Å². The fraction of sp³-hybridized carbons (Fsp3) is 0.333. The number of ether oxygens (including phenoxy) is 2. The average molecular weight is 288 g/mol. The van der Waals surface area contributed by atoms with Crippen molar-refractivity contribution in [2.24, 2.45) is 0 Å². The Bertz CT molecular complexity index is 597. The van der Waals surface area contributed by atoms with Gasteiger partial charge >= 0.3 is 12.0 Å². The smallest absolute Gasteiger partial charge is 0.338 e. The minimum atomic E-state index is -0.456. The van der Waals surface area contributed by atoms with Gasteiger partial charge in [0.2, 0.25) is 0 Å². The van der Waals surface area contributed by atoms with Crippen LogP contribution < -0.4 is 5.32 Å². The summed E-state index contributed by atoms with van der Waals surface area (Å²) in [5, 5.41) is 2.87. The van der Waals surface area contributed by atoms with Crippen LogP contribution >= 0.6 is 0 Å². The predicted octanol–water partition coefficient (Wildman–Crippen LogP) is 1.21. The molecule has 0 unspecified atom stereocenters. The summed E-state index contributed by atoms with van der Waals surface area (Å²) in [6, 6.07) is 8.71. The van der Waals surface area contributed by atoms with Gasteiger partial charge in [0.05, 0.1) is 30.5 Å². The number of nitrogens with one attached hydrogen (secondary N) is 1. The molecule has 2 heterocycles. The number of nitrogens with zero attached hydrogens (tertiary/aromatic N) is 1. The van der Waals surface area contributed by atoms with Crippen LogP contribution in [0.1, 0.15) is 11.6 Å². The van der Waals surface area contributed by atoms with E-state index < -0.39 is 6.04 Å². The quantitative estimate of drug-likeness (QED) is 0.846. The first-order chi connectivity index (χ1) is 10.2. The lowest BCUT2D eigenvalue weighted by molar-refractivity contribution is -0.136. The van der Waals surface area contributed by atoms with Crippen molar-refractivity contribution in [1.82, 2.24) is 10.2 Å². The van der Waals surface area contributed by atoms with E-state index in [4.69, 9.17) is 9.47 Å². The Balaban J connectivity index is 1.99. The van der Waals surface area contributed by atoms with Crippen molar-refractivity contribution in [2.75, 3.05) is 26.9 Å². The van der Waals surface area contributed by atoms with E-state index in [9.17, 15) is 9.59 Å². The van der Waals surface area contributed by atoms with E-state index in [2.05, 4.69) is 5.32 Å². The zero-order valence-corrected chi connectivity index (χ0v) is 11.7. The molecule has 0 aliphatic carbocycles. The van der Waals surface area contributed by atoms with Gasteiger partial charge in [0, 0.05) is 7.11 Å². The average Bonchev–Trinajstić information content (AvgIpc) is 2.89. The third kappa shape index (κ3) is 2.38.